The molecule has 0 saturated heterocycles. The molecule has 2 aromatic carbocycles. The molecule has 0 bridgehead atoms. The van der Waals surface area contributed by atoms with E-state index in [-0.39, 0.29) is 0 Å². The van der Waals surface area contributed by atoms with E-state index in [1.165, 1.54) is 5.56 Å². The van der Waals surface area contributed by atoms with Gasteiger partial charge in [0.15, 0.2) is 0 Å². The third kappa shape index (κ3) is 2.37. The topological polar surface area (TPSA) is 29.9 Å². The lowest BCUT2D eigenvalue weighted by Gasteiger charge is -2.07. The van der Waals surface area contributed by atoms with Crippen molar-refractivity contribution in [3.63, 3.8) is 0 Å². The van der Waals surface area contributed by atoms with Gasteiger partial charge in [0.2, 0.25) is 0 Å². The highest BCUT2D eigenvalue weighted by molar-refractivity contribution is 6.35. The van der Waals surface area contributed by atoms with E-state index in [1.54, 1.807) is 0 Å². The molecule has 3 nitrogen and oxygen atoms in total. The Bertz CT molecular complexity index is 744. The Labute approximate surface area is 123 Å². The van der Waals surface area contributed by atoms with E-state index < -0.39 is 0 Å². The van der Waals surface area contributed by atoms with Crippen LogP contribution in [0.4, 0.5) is 5.69 Å². The lowest BCUT2D eigenvalue weighted by atomic mass is 10.2. The number of nitrogens with one attached hydrogen (secondary N) is 1. The van der Waals surface area contributed by atoms with Crippen LogP contribution in [0, 0.1) is 6.92 Å². The van der Waals surface area contributed by atoms with Crippen molar-refractivity contribution in [3.8, 4) is 0 Å². The fourth-order valence-electron chi connectivity index (χ4n) is 2.28. The Morgan fingerprint density at radius 1 is 1.15 bits per heavy atom. The zero-order valence-corrected chi connectivity index (χ0v) is 12.3. The van der Waals surface area contributed by atoms with Gasteiger partial charge in [0.05, 0.1) is 22.6 Å². The second kappa shape index (κ2) is 5.17. The van der Waals surface area contributed by atoms with E-state index >= 15 is 0 Å². The third-order valence-corrected chi connectivity index (χ3v) is 3.74. The minimum Gasteiger partial charge on any atom is -0.378 e. The molecule has 0 fully saturated rings. The first-order chi connectivity index (χ1) is 9.65. The molecule has 3 aromatic rings. The second-order valence-corrected chi connectivity index (χ2v) is 5.32. The van der Waals surface area contributed by atoms with Gasteiger partial charge in [0.25, 0.3) is 0 Å². The number of nitrogens with zero attached hydrogens (tertiary/aromatic N) is 2. The number of imidazole rings is 1. The predicted molar refractivity (Wildman–Crippen MR) is 84.2 cm³/mol. The number of rotatable bonds is 3. The van der Waals surface area contributed by atoms with Gasteiger partial charge in [-0.3, -0.25) is 0 Å². The summed E-state index contributed by atoms with van der Waals surface area (Å²) in [5.74, 6) is 0.966. The first kappa shape index (κ1) is 13.0. The maximum atomic E-state index is 6.23. The zero-order chi connectivity index (χ0) is 14.1. The Morgan fingerprint density at radius 3 is 2.60 bits per heavy atom. The van der Waals surface area contributed by atoms with Crippen LogP contribution in [0.2, 0.25) is 5.02 Å². The number of benzene rings is 2. The summed E-state index contributed by atoms with van der Waals surface area (Å²) in [6.07, 6.45) is 0. The number of para-hydroxylation sites is 1. The van der Waals surface area contributed by atoms with Crippen molar-refractivity contribution in [3.05, 3.63) is 58.9 Å². The number of hydrogen-bond acceptors (Lipinski definition) is 2. The molecule has 1 N–H and O–H groups in total. The van der Waals surface area contributed by atoms with Gasteiger partial charge in [-0.25, -0.2) is 4.98 Å². The van der Waals surface area contributed by atoms with Crippen molar-refractivity contribution in [2.45, 2.75) is 13.5 Å². The molecule has 0 aliphatic rings. The van der Waals surface area contributed by atoms with E-state index in [4.69, 9.17) is 11.6 Å². The van der Waals surface area contributed by atoms with Crippen LogP contribution in [-0.4, -0.2) is 9.55 Å². The maximum absolute atomic E-state index is 6.23. The number of fused-ring (bicyclic) bond motifs is 1. The molecular formula is C16H16ClN3. The maximum Gasteiger partial charge on any atom is 0.129 e. The summed E-state index contributed by atoms with van der Waals surface area (Å²) >= 11 is 6.23. The second-order valence-electron chi connectivity index (χ2n) is 4.91. The first-order valence-corrected chi connectivity index (χ1v) is 6.93. The van der Waals surface area contributed by atoms with Gasteiger partial charge in [0.1, 0.15) is 5.82 Å². The SMILES string of the molecule is Cc1ccc(NCc2nc3cccc(Cl)c3n2C)cc1. The molecule has 1 aromatic heterocycles. The summed E-state index contributed by atoms with van der Waals surface area (Å²) in [5, 5.41) is 4.12. The lowest BCUT2D eigenvalue weighted by molar-refractivity contribution is 0.834. The predicted octanol–water partition coefficient (Wildman–Crippen LogP) is 4.15. The zero-order valence-electron chi connectivity index (χ0n) is 11.5. The smallest absolute Gasteiger partial charge is 0.129 e. The number of halogens is 1. The van der Waals surface area contributed by atoms with Crippen molar-refractivity contribution in [2.24, 2.45) is 7.05 Å². The Balaban J connectivity index is 1.86. The average Bonchev–Trinajstić information content (AvgIpc) is 2.76. The summed E-state index contributed by atoms with van der Waals surface area (Å²) in [4.78, 5) is 4.62. The van der Waals surface area contributed by atoms with Crippen molar-refractivity contribution in [1.29, 1.82) is 0 Å². The summed E-state index contributed by atoms with van der Waals surface area (Å²) in [7, 11) is 1.99. The minimum absolute atomic E-state index is 0.671. The first-order valence-electron chi connectivity index (χ1n) is 6.55. The van der Waals surface area contributed by atoms with Crippen LogP contribution in [0.1, 0.15) is 11.4 Å². The fraction of sp³-hybridized carbons (Fsp3) is 0.188. The van der Waals surface area contributed by atoms with E-state index in [2.05, 4.69) is 41.5 Å². The monoisotopic (exact) mass is 285 g/mol. The average molecular weight is 286 g/mol. The molecule has 20 heavy (non-hydrogen) atoms. The van der Waals surface area contributed by atoms with Crippen LogP contribution in [0.15, 0.2) is 42.5 Å². The molecule has 0 spiro atoms. The number of anilines is 1. The van der Waals surface area contributed by atoms with Crippen LogP contribution in [-0.2, 0) is 13.6 Å². The van der Waals surface area contributed by atoms with Gasteiger partial charge < -0.3 is 9.88 Å². The molecule has 102 valence electrons. The minimum atomic E-state index is 0.671. The number of aromatic nitrogens is 2. The Morgan fingerprint density at radius 2 is 1.90 bits per heavy atom. The van der Waals surface area contributed by atoms with Gasteiger partial charge in [-0.05, 0) is 31.2 Å². The standard InChI is InChI=1S/C16H16ClN3/c1-11-6-8-12(9-7-11)18-10-15-19-14-5-3-4-13(17)16(14)20(15)2/h3-9,18H,10H2,1-2H3. The summed E-state index contributed by atoms with van der Waals surface area (Å²) in [6.45, 7) is 2.75. The highest BCUT2D eigenvalue weighted by Gasteiger charge is 2.09. The Hall–Kier alpha value is -2.00. The molecule has 0 radical (unpaired) electrons. The Kier molecular flexibility index (Phi) is 3.36. The van der Waals surface area contributed by atoms with Crippen LogP contribution >= 0.6 is 11.6 Å². The largest absolute Gasteiger partial charge is 0.378 e. The third-order valence-electron chi connectivity index (χ3n) is 3.44. The van der Waals surface area contributed by atoms with Gasteiger partial charge in [-0.1, -0.05) is 35.4 Å². The molecular weight excluding hydrogens is 270 g/mol. The summed E-state index contributed by atoms with van der Waals surface area (Å²) < 4.78 is 2.04. The van der Waals surface area contributed by atoms with E-state index in [0.29, 0.717) is 6.54 Å². The van der Waals surface area contributed by atoms with Gasteiger partial charge in [-0.2, -0.15) is 0 Å². The number of hydrogen-bond donors (Lipinski definition) is 1. The van der Waals surface area contributed by atoms with Crippen LogP contribution in [0.25, 0.3) is 11.0 Å². The lowest BCUT2D eigenvalue weighted by Crippen LogP contribution is -2.05. The van der Waals surface area contributed by atoms with Crippen LogP contribution < -0.4 is 5.32 Å². The molecule has 0 unspecified atom stereocenters. The molecule has 0 saturated carbocycles. The molecule has 0 aliphatic carbocycles. The van der Waals surface area contributed by atoms with E-state index in [1.807, 2.05) is 29.8 Å². The highest BCUT2D eigenvalue weighted by Crippen LogP contribution is 2.23. The molecule has 3 rings (SSSR count). The van der Waals surface area contributed by atoms with Crippen molar-refractivity contribution < 1.29 is 0 Å². The van der Waals surface area contributed by atoms with Gasteiger partial charge >= 0.3 is 0 Å². The van der Waals surface area contributed by atoms with Crippen LogP contribution in [0.3, 0.4) is 0 Å². The highest BCUT2D eigenvalue weighted by atomic mass is 35.5. The van der Waals surface area contributed by atoms with Crippen molar-refractivity contribution >= 4 is 28.3 Å². The van der Waals surface area contributed by atoms with Crippen molar-refractivity contribution in [1.82, 2.24) is 9.55 Å². The molecule has 0 atom stereocenters. The summed E-state index contributed by atoms with van der Waals surface area (Å²) in [6, 6.07) is 14.1. The molecule has 0 amide bonds. The quantitative estimate of drug-likeness (QED) is 0.783. The van der Waals surface area contributed by atoms with Crippen molar-refractivity contribution in [2.75, 3.05) is 5.32 Å². The van der Waals surface area contributed by atoms with Gasteiger partial charge in [0, 0.05) is 12.7 Å². The summed E-state index contributed by atoms with van der Waals surface area (Å²) in [5.41, 5.74) is 4.26. The fourth-order valence-corrected chi connectivity index (χ4v) is 2.58. The molecule has 4 heteroatoms. The van der Waals surface area contributed by atoms with Gasteiger partial charge in [-0.15, -0.1) is 0 Å². The van der Waals surface area contributed by atoms with E-state index in [9.17, 15) is 0 Å². The molecule has 0 aliphatic heterocycles. The molecule has 1 heterocycles. The van der Waals surface area contributed by atoms with E-state index in [0.717, 1.165) is 27.6 Å². The van der Waals surface area contributed by atoms with Crippen LogP contribution in [0.5, 0.6) is 0 Å². The normalized spacial score (nSPS) is 10.9. The number of aryl methyl sites for hydroxylation is 2.